The molecule has 0 spiro atoms. The van der Waals surface area contributed by atoms with Crippen LogP contribution in [-0.4, -0.2) is 4.98 Å². The lowest BCUT2D eigenvalue weighted by molar-refractivity contribution is 1.22. The Hall–Kier alpha value is -1.53. The molecule has 3 rings (SSSR count). The summed E-state index contributed by atoms with van der Waals surface area (Å²) < 4.78 is 1.23. The first-order chi connectivity index (χ1) is 9.67. The summed E-state index contributed by atoms with van der Waals surface area (Å²) in [5.74, 6) is 6.23. The summed E-state index contributed by atoms with van der Waals surface area (Å²) in [4.78, 5) is 4.24. The molecular formula is C13H10Cl2N4S. The number of hydrogen-bond donors (Lipinski definition) is 3. The van der Waals surface area contributed by atoms with Gasteiger partial charge in [0, 0.05) is 10.4 Å². The van der Waals surface area contributed by atoms with Crippen LogP contribution in [-0.2, 0) is 0 Å². The first-order valence-electron chi connectivity index (χ1n) is 5.74. The molecule has 0 amide bonds. The molecule has 0 aliphatic carbocycles. The number of benzene rings is 1. The molecule has 2 heterocycles. The van der Waals surface area contributed by atoms with Crippen LogP contribution in [0.4, 0.5) is 17.3 Å². The van der Waals surface area contributed by atoms with Crippen LogP contribution in [0.15, 0.2) is 35.7 Å². The van der Waals surface area contributed by atoms with Gasteiger partial charge in [-0.25, -0.2) is 10.8 Å². The SMILES string of the molecule is NNc1nc(Nc2ccc3sccc3c2)c(Cl)cc1Cl. The number of nitrogens with zero attached hydrogens (tertiary/aromatic N) is 1. The summed E-state index contributed by atoms with van der Waals surface area (Å²) >= 11 is 13.8. The first kappa shape index (κ1) is 13.5. The molecule has 0 aliphatic rings. The molecule has 1 aromatic carbocycles. The number of pyridine rings is 1. The van der Waals surface area contributed by atoms with E-state index < -0.39 is 0 Å². The van der Waals surface area contributed by atoms with Gasteiger partial charge in [0.1, 0.15) is 0 Å². The van der Waals surface area contributed by atoms with Crippen LogP contribution < -0.4 is 16.6 Å². The van der Waals surface area contributed by atoms with Crippen molar-refractivity contribution in [2.45, 2.75) is 0 Å². The van der Waals surface area contributed by atoms with E-state index >= 15 is 0 Å². The van der Waals surface area contributed by atoms with Crippen LogP contribution in [0.3, 0.4) is 0 Å². The van der Waals surface area contributed by atoms with Gasteiger partial charge in [0.25, 0.3) is 0 Å². The highest BCUT2D eigenvalue weighted by Gasteiger charge is 2.09. The quantitative estimate of drug-likeness (QED) is 0.485. The van der Waals surface area contributed by atoms with Gasteiger partial charge in [-0.1, -0.05) is 23.2 Å². The summed E-state index contributed by atoms with van der Waals surface area (Å²) in [6.45, 7) is 0. The highest BCUT2D eigenvalue weighted by Crippen LogP contribution is 2.32. The van der Waals surface area contributed by atoms with Crippen LogP contribution in [0.25, 0.3) is 10.1 Å². The van der Waals surface area contributed by atoms with Gasteiger partial charge in [0.2, 0.25) is 0 Å². The van der Waals surface area contributed by atoms with Gasteiger partial charge >= 0.3 is 0 Å². The topological polar surface area (TPSA) is 63.0 Å². The number of rotatable bonds is 3. The number of hydrazine groups is 1. The minimum Gasteiger partial charge on any atom is -0.339 e. The Morgan fingerprint density at radius 2 is 1.85 bits per heavy atom. The van der Waals surface area contributed by atoms with Crippen LogP contribution in [0.1, 0.15) is 0 Å². The number of nitrogens with two attached hydrogens (primary N) is 1. The molecule has 0 fully saturated rings. The number of halogens is 2. The van der Waals surface area contributed by atoms with Gasteiger partial charge in [-0.3, -0.25) is 0 Å². The molecule has 4 nitrogen and oxygen atoms in total. The second-order valence-electron chi connectivity index (χ2n) is 4.09. The van der Waals surface area contributed by atoms with Crippen molar-refractivity contribution in [2.75, 3.05) is 10.7 Å². The summed E-state index contributed by atoms with van der Waals surface area (Å²) in [5.41, 5.74) is 3.33. The van der Waals surface area contributed by atoms with Crippen molar-refractivity contribution in [2.24, 2.45) is 5.84 Å². The average Bonchev–Trinajstić information content (AvgIpc) is 2.89. The number of fused-ring (bicyclic) bond motifs is 1. The maximum Gasteiger partial charge on any atom is 0.161 e. The van der Waals surface area contributed by atoms with Gasteiger partial charge in [0.15, 0.2) is 11.6 Å². The van der Waals surface area contributed by atoms with Crippen LogP contribution in [0.2, 0.25) is 10.0 Å². The van der Waals surface area contributed by atoms with Crippen molar-refractivity contribution in [3.05, 3.63) is 45.8 Å². The van der Waals surface area contributed by atoms with Crippen molar-refractivity contribution >= 4 is 61.9 Å². The lowest BCUT2D eigenvalue weighted by Crippen LogP contribution is -2.10. The molecule has 0 aliphatic heterocycles. The average molecular weight is 325 g/mol. The van der Waals surface area contributed by atoms with Crippen LogP contribution >= 0.6 is 34.5 Å². The zero-order valence-corrected chi connectivity index (χ0v) is 12.5. The minimum atomic E-state index is 0.371. The standard InChI is InChI=1S/C13H10Cl2N4S/c14-9-6-10(15)13(19-16)18-12(9)17-8-1-2-11-7(5-8)3-4-20-11/h1-6H,16H2,(H2,17,18,19). The third-order valence-corrected chi connectivity index (χ3v) is 4.26. The summed E-state index contributed by atoms with van der Waals surface area (Å²) in [6, 6.07) is 9.72. The highest BCUT2D eigenvalue weighted by atomic mass is 35.5. The third-order valence-electron chi connectivity index (χ3n) is 2.78. The molecule has 7 heteroatoms. The highest BCUT2D eigenvalue weighted by molar-refractivity contribution is 7.17. The van der Waals surface area contributed by atoms with Crippen molar-refractivity contribution < 1.29 is 0 Å². The number of aromatic nitrogens is 1. The fraction of sp³-hybridized carbons (Fsp3) is 0. The van der Waals surface area contributed by atoms with E-state index in [0.29, 0.717) is 21.7 Å². The Morgan fingerprint density at radius 1 is 1.05 bits per heavy atom. The Morgan fingerprint density at radius 3 is 2.65 bits per heavy atom. The fourth-order valence-electron chi connectivity index (χ4n) is 1.84. The summed E-state index contributed by atoms with van der Waals surface area (Å²) in [7, 11) is 0. The van der Waals surface area contributed by atoms with E-state index in [1.807, 2.05) is 18.2 Å². The lowest BCUT2D eigenvalue weighted by Gasteiger charge is -2.10. The van der Waals surface area contributed by atoms with Gasteiger partial charge < -0.3 is 10.7 Å². The van der Waals surface area contributed by atoms with Crippen molar-refractivity contribution in [1.29, 1.82) is 0 Å². The zero-order chi connectivity index (χ0) is 14.1. The molecule has 0 saturated carbocycles. The third kappa shape index (κ3) is 2.53. The zero-order valence-electron chi connectivity index (χ0n) is 10.2. The fourth-order valence-corrected chi connectivity index (χ4v) is 3.07. The van der Waals surface area contributed by atoms with Gasteiger partial charge in [-0.2, -0.15) is 0 Å². The molecule has 0 saturated heterocycles. The molecule has 102 valence electrons. The van der Waals surface area contributed by atoms with E-state index in [1.54, 1.807) is 17.4 Å². The smallest absolute Gasteiger partial charge is 0.161 e. The number of hydrogen-bond acceptors (Lipinski definition) is 5. The van der Waals surface area contributed by atoms with Gasteiger partial charge in [-0.15, -0.1) is 11.3 Å². The van der Waals surface area contributed by atoms with E-state index in [4.69, 9.17) is 29.0 Å². The largest absolute Gasteiger partial charge is 0.339 e. The Kier molecular flexibility index (Phi) is 3.67. The Balaban J connectivity index is 1.97. The van der Waals surface area contributed by atoms with Gasteiger partial charge in [0.05, 0.1) is 10.0 Å². The second kappa shape index (κ2) is 5.46. The van der Waals surface area contributed by atoms with Crippen molar-refractivity contribution in [3.63, 3.8) is 0 Å². The number of nitrogen functional groups attached to an aromatic ring is 1. The van der Waals surface area contributed by atoms with Gasteiger partial charge in [-0.05, 0) is 41.1 Å². The molecule has 0 unspecified atom stereocenters. The molecule has 20 heavy (non-hydrogen) atoms. The summed E-state index contributed by atoms with van der Waals surface area (Å²) in [5, 5.41) is 7.19. The lowest BCUT2D eigenvalue weighted by atomic mass is 10.2. The Bertz CT molecular complexity index is 772. The molecule has 2 aromatic heterocycles. The molecular weight excluding hydrogens is 315 g/mol. The summed E-state index contributed by atoms with van der Waals surface area (Å²) in [6.07, 6.45) is 0. The molecule has 4 N–H and O–H groups in total. The number of nitrogens with one attached hydrogen (secondary N) is 2. The predicted octanol–water partition coefficient (Wildman–Crippen LogP) is 4.63. The van der Waals surface area contributed by atoms with Crippen molar-refractivity contribution in [1.82, 2.24) is 4.98 Å². The second-order valence-corrected chi connectivity index (χ2v) is 5.85. The van der Waals surface area contributed by atoms with Crippen LogP contribution in [0.5, 0.6) is 0 Å². The van der Waals surface area contributed by atoms with E-state index in [0.717, 1.165) is 5.69 Å². The number of anilines is 3. The molecule has 0 bridgehead atoms. The normalized spacial score (nSPS) is 10.8. The Labute approximate surface area is 129 Å². The maximum absolute atomic E-state index is 6.13. The predicted molar refractivity (Wildman–Crippen MR) is 87.2 cm³/mol. The number of thiophene rings is 1. The minimum absolute atomic E-state index is 0.371. The monoisotopic (exact) mass is 324 g/mol. The van der Waals surface area contributed by atoms with E-state index in [9.17, 15) is 0 Å². The molecule has 0 atom stereocenters. The maximum atomic E-state index is 6.13. The first-order valence-corrected chi connectivity index (χ1v) is 7.38. The molecule has 0 radical (unpaired) electrons. The van der Waals surface area contributed by atoms with E-state index in [-0.39, 0.29) is 0 Å². The van der Waals surface area contributed by atoms with Crippen LogP contribution in [0, 0.1) is 0 Å². The van der Waals surface area contributed by atoms with E-state index in [1.165, 1.54) is 10.1 Å². The van der Waals surface area contributed by atoms with Crippen molar-refractivity contribution in [3.8, 4) is 0 Å². The van der Waals surface area contributed by atoms with E-state index in [2.05, 4.69) is 27.2 Å². The molecule has 3 aromatic rings.